The Balaban J connectivity index is 3.97. The highest BCUT2D eigenvalue weighted by molar-refractivity contribution is 8.14. The highest BCUT2D eigenvalue weighted by Crippen LogP contribution is 2.34. The van der Waals surface area contributed by atoms with Crippen molar-refractivity contribution < 1.29 is 18.0 Å². The first-order valence-corrected chi connectivity index (χ1v) is 5.99. The molecule has 0 amide bonds. The van der Waals surface area contributed by atoms with E-state index in [2.05, 4.69) is 0 Å². The molecule has 5 heteroatoms. The summed E-state index contributed by atoms with van der Waals surface area (Å²) in [6.45, 7) is 3.18. The predicted octanol–water partition coefficient (Wildman–Crippen LogP) is 4.17. The highest BCUT2D eigenvalue weighted by atomic mass is 32.2. The van der Waals surface area contributed by atoms with Crippen molar-refractivity contribution in [2.24, 2.45) is 0 Å². The molecule has 0 aromatic carbocycles. The molecule has 0 bridgehead atoms. The number of carbonyl (C=O) groups excluding carboxylic acids is 1. The fraction of sp³-hybridized carbons (Fsp3) is 0.900. The van der Waals surface area contributed by atoms with Crippen LogP contribution in [0.4, 0.5) is 13.2 Å². The summed E-state index contributed by atoms with van der Waals surface area (Å²) in [5.41, 5.74) is 0. The van der Waals surface area contributed by atoms with E-state index in [0.29, 0.717) is 18.2 Å². The van der Waals surface area contributed by atoms with Crippen LogP contribution in [0, 0.1) is 0 Å². The molecule has 1 atom stereocenters. The lowest BCUT2D eigenvalue weighted by atomic mass is 10.1. The fourth-order valence-corrected chi connectivity index (χ4v) is 2.07. The molecule has 0 heterocycles. The van der Waals surface area contributed by atoms with Gasteiger partial charge in [-0.15, -0.1) is 0 Å². The summed E-state index contributed by atoms with van der Waals surface area (Å²) in [7, 11) is 0. The maximum atomic E-state index is 12.4. The van der Waals surface area contributed by atoms with E-state index in [0.717, 1.165) is 19.3 Å². The highest BCUT2D eigenvalue weighted by Gasteiger charge is 2.40. The second-order valence-electron chi connectivity index (χ2n) is 3.49. The Bertz CT molecular complexity index is 192. The first-order valence-electron chi connectivity index (χ1n) is 5.11. The largest absolute Gasteiger partial charge is 0.401 e. The van der Waals surface area contributed by atoms with Gasteiger partial charge in [-0.2, -0.15) is 13.2 Å². The molecular weight excluding hydrogens is 225 g/mol. The van der Waals surface area contributed by atoms with Gasteiger partial charge >= 0.3 is 6.18 Å². The van der Waals surface area contributed by atoms with Crippen molar-refractivity contribution in [1.82, 2.24) is 0 Å². The van der Waals surface area contributed by atoms with Crippen LogP contribution in [0.5, 0.6) is 0 Å². The van der Waals surface area contributed by atoms with Crippen molar-refractivity contribution >= 4 is 16.9 Å². The SMILES string of the molecule is CCCCCC[C@H](SC(C)=O)C(F)(F)F. The van der Waals surface area contributed by atoms with Gasteiger partial charge in [0.15, 0.2) is 5.12 Å². The average molecular weight is 242 g/mol. The third kappa shape index (κ3) is 7.71. The zero-order valence-electron chi connectivity index (χ0n) is 9.06. The zero-order valence-corrected chi connectivity index (χ0v) is 9.88. The predicted molar refractivity (Wildman–Crippen MR) is 56.9 cm³/mol. The molecule has 0 unspecified atom stereocenters. The van der Waals surface area contributed by atoms with Gasteiger partial charge in [-0.3, -0.25) is 4.79 Å². The van der Waals surface area contributed by atoms with Gasteiger partial charge in [0.05, 0.1) is 0 Å². The molecule has 90 valence electrons. The van der Waals surface area contributed by atoms with Crippen LogP contribution in [0.1, 0.15) is 46.0 Å². The van der Waals surface area contributed by atoms with Crippen LogP contribution < -0.4 is 0 Å². The van der Waals surface area contributed by atoms with E-state index in [-0.39, 0.29) is 6.42 Å². The number of thioether (sulfide) groups is 1. The van der Waals surface area contributed by atoms with E-state index in [1.165, 1.54) is 6.92 Å². The summed E-state index contributed by atoms with van der Waals surface area (Å²) in [6, 6.07) is 0. The lowest BCUT2D eigenvalue weighted by Crippen LogP contribution is -2.26. The molecule has 0 aliphatic carbocycles. The van der Waals surface area contributed by atoms with Gasteiger partial charge in [0.2, 0.25) is 0 Å². The van der Waals surface area contributed by atoms with Crippen molar-refractivity contribution in [3.05, 3.63) is 0 Å². The number of hydrogen-bond acceptors (Lipinski definition) is 2. The van der Waals surface area contributed by atoms with Crippen molar-refractivity contribution in [1.29, 1.82) is 0 Å². The minimum absolute atomic E-state index is 0.0494. The molecule has 0 saturated heterocycles. The molecule has 0 aliphatic heterocycles. The van der Waals surface area contributed by atoms with Crippen molar-refractivity contribution in [2.45, 2.75) is 57.4 Å². The van der Waals surface area contributed by atoms with Crippen LogP contribution in [0.15, 0.2) is 0 Å². The molecule has 0 aromatic heterocycles. The number of carbonyl (C=O) groups is 1. The Morgan fingerprint density at radius 3 is 2.27 bits per heavy atom. The number of rotatable bonds is 6. The molecule has 0 radical (unpaired) electrons. The van der Waals surface area contributed by atoms with Crippen LogP contribution in [-0.2, 0) is 4.79 Å². The summed E-state index contributed by atoms with van der Waals surface area (Å²) in [5.74, 6) is 0. The normalized spacial score (nSPS) is 13.9. The molecule has 0 aliphatic rings. The van der Waals surface area contributed by atoms with E-state index in [4.69, 9.17) is 0 Å². The van der Waals surface area contributed by atoms with E-state index in [9.17, 15) is 18.0 Å². The average Bonchev–Trinajstić information content (AvgIpc) is 2.08. The van der Waals surface area contributed by atoms with E-state index < -0.39 is 16.5 Å². The minimum Gasteiger partial charge on any atom is -0.288 e. The minimum atomic E-state index is -4.26. The van der Waals surface area contributed by atoms with Crippen molar-refractivity contribution in [3.63, 3.8) is 0 Å². The first kappa shape index (κ1) is 14.8. The van der Waals surface area contributed by atoms with Gasteiger partial charge in [0.25, 0.3) is 0 Å². The van der Waals surface area contributed by atoms with Gasteiger partial charge < -0.3 is 0 Å². The van der Waals surface area contributed by atoms with Crippen LogP contribution in [0.3, 0.4) is 0 Å². The quantitative estimate of drug-likeness (QED) is 0.650. The number of halogens is 3. The summed E-state index contributed by atoms with van der Waals surface area (Å²) in [5, 5.41) is -1.99. The van der Waals surface area contributed by atoms with E-state index >= 15 is 0 Å². The Morgan fingerprint density at radius 2 is 1.87 bits per heavy atom. The Morgan fingerprint density at radius 1 is 1.27 bits per heavy atom. The lowest BCUT2D eigenvalue weighted by molar-refractivity contribution is -0.131. The molecule has 1 nitrogen and oxygen atoms in total. The molecular formula is C10H17F3OS. The maximum absolute atomic E-state index is 12.4. The van der Waals surface area contributed by atoms with E-state index in [1.807, 2.05) is 6.92 Å². The third-order valence-electron chi connectivity index (χ3n) is 1.99. The van der Waals surface area contributed by atoms with Crippen molar-refractivity contribution in [2.75, 3.05) is 0 Å². The second kappa shape index (κ2) is 7.14. The van der Waals surface area contributed by atoms with Crippen LogP contribution in [0.25, 0.3) is 0 Å². The Hall–Kier alpha value is -0.190. The number of hydrogen-bond donors (Lipinski definition) is 0. The Labute approximate surface area is 92.8 Å². The topological polar surface area (TPSA) is 17.1 Å². The lowest BCUT2D eigenvalue weighted by Gasteiger charge is -2.18. The summed E-state index contributed by atoms with van der Waals surface area (Å²) in [4.78, 5) is 10.7. The zero-order chi connectivity index (χ0) is 11.9. The third-order valence-corrected chi connectivity index (χ3v) is 3.11. The van der Waals surface area contributed by atoms with Crippen LogP contribution in [-0.4, -0.2) is 16.5 Å². The Kier molecular flexibility index (Phi) is 7.05. The fourth-order valence-electron chi connectivity index (χ4n) is 1.25. The smallest absolute Gasteiger partial charge is 0.288 e. The number of alkyl halides is 3. The van der Waals surface area contributed by atoms with Gasteiger partial charge in [-0.05, 0) is 6.42 Å². The molecule has 0 N–H and O–H groups in total. The monoisotopic (exact) mass is 242 g/mol. The van der Waals surface area contributed by atoms with Gasteiger partial charge in [-0.1, -0.05) is 44.4 Å². The molecule has 0 spiro atoms. The molecule has 0 aromatic rings. The van der Waals surface area contributed by atoms with Gasteiger partial charge in [-0.25, -0.2) is 0 Å². The molecule has 15 heavy (non-hydrogen) atoms. The van der Waals surface area contributed by atoms with E-state index in [1.54, 1.807) is 0 Å². The summed E-state index contributed by atoms with van der Waals surface area (Å²) >= 11 is 0.401. The second-order valence-corrected chi connectivity index (χ2v) is 4.87. The van der Waals surface area contributed by atoms with Crippen LogP contribution in [0.2, 0.25) is 0 Å². The summed E-state index contributed by atoms with van der Waals surface area (Å²) < 4.78 is 37.2. The maximum Gasteiger partial charge on any atom is 0.401 e. The molecule has 0 fully saturated rings. The molecule has 0 saturated carbocycles. The standard InChI is InChI=1S/C10H17F3OS/c1-3-4-5-6-7-9(10(11,12)13)15-8(2)14/h9H,3-7H2,1-2H3/t9-/m0/s1. The first-order chi connectivity index (χ1) is 6.88. The van der Waals surface area contributed by atoms with Crippen molar-refractivity contribution in [3.8, 4) is 0 Å². The van der Waals surface area contributed by atoms with Gasteiger partial charge in [0, 0.05) is 6.92 Å². The summed E-state index contributed by atoms with van der Waals surface area (Å²) in [6.07, 6.45) is -0.915. The van der Waals surface area contributed by atoms with Gasteiger partial charge in [0.1, 0.15) is 5.25 Å². The molecule has 0 rings (SSSR count). The van der Waals surface area contributed by atoms with Crippen LogP contribution >= 0.6 is 11.8 Å². The number of unbranched alkanes of at least 4 members (excludes halogenated alkanes) is 3.